The molecule has 8 heteroatoms. The predicted molar refractivity (Wildman–Crippen MR) is 154 cm³/mol. The Morgan fingerprint density at radius 2 is 1.50 bits per heavy atom. The second-order valence-corrected chi connectivity index (χ2v) is 10.1. The van der Waals surface area contributed by atoms with Gasteiger partial charge < -0.3 is 19.0 Å². The summed E-state index contributed by atoms with van der Waals surface area (Å²) in [6.45, 7) is 3.62. The van der Waals surface area contributed by atoms with E-state index in [0.717, 1.165) is 40.3 Å². The Hall–Kier alpha value is -4.98. The van der Waals surface area contributed by atoms with Gasteiger partial charge in [-0.3, -0.25) is 0 Å². The molecule has 0 aliphatic carbocycles. The van der Waals surface area contributed by atoms with Crippen LogP contribution in [-0.4, -0.2) is 28.3 Å². The number of carboxylic acids is 1. The molecule has 6 nitrogen and oxygen atoms in total. The molecule has 1 unspecified atom stereocenters. The first kappa shape index (κ1) is 28.5. The van der Waals surface area contributed by atoms with Crippen molar-refractivity contribution in [2.75, 3.05) is 6.61 Å². The van der Waals surface area contributed by atoms with Crippen molar-refractivity contribution in [3.8, 4) is 34.1 Å². The van der Waals surface area contributed by atoms with E-state index in [4.69, 9.17) is 13.9 Å². The highest BCUT2D eigenvalue weighted by molar-refractivity contribution is 5.78. The summed E-state index contributed by atoms with van der Waals surface area (Å²) in [6.07, 6.45) is 0.535. The van der Waals surface area contributed by atoms with Crippen LogP contribution in [0.1, 0.15) is 23.9 Å². The summed E-state index contributed by atoms with van der Waals surface area (Å²) in [5.41, 5.74) is 2.93. The van der Waals surface area contributed by atoms with E-state index < -0.39 is 23.2 Å². The molecule has 4 aromatic carbocycles. The summed E-state index contributed by atoms with van der Waals surface area (Å²) in [5, 5.41) is 9.78. The van der Waals surface area contributed by atoms with Gasteiger partial charge in [-0.05, 0) is 66.9 Å². The minimum absolute atomic E-state index is 0.00511. The van der Waals surface area contributed by atoms with E-state index in [1.807, 2.05) is 49.4 Å². The molecule has 0 spiro atoms. The van der Waals surface area contributed by atoms with E-state index in [-0.39, 0.29) is 12.2 Å². The Balaban J connectivity index is 1.17. The van der Waals surface area contributed by atoms with Crippen LogP contribution in [-0.2, 0) is 17.6 Å². The number of ether oxygens (including phenoxy) is 2. The lowest BCUT2D eigenvalue weighted by molar-refractivity contribution is -0.153. The standard InChI is InChI=1S/C34H29F2NO5/c1-22-31(37-32(41-22)26-12-10-25(11-13-26)24-6-4-3-5-7-24)18-19-40-27-14-8-23(9-15-27)21-34(2,33(38)39)42-28-16-17-29(35)30(36)20-28/h3-17,20H,18-19,21H2,1-2H3,(H,38,39). The molecule has 5 rings (SSSR count). The van der Waals surface area contributed by atoms with Gasteiger partial charge in [0.2, 0.25) is 11.5 Å². The van der Waals surface area contributed by atoms with Crippen LogP contribution in [0.2, 0.25) is 0 Å². The number of benzene rings is 4. The number of halogens is 2. The fourth-order valence-corrected chi connectivity index (χ4v) is 4.53. The summed E-state index contributed by atoms with van der Waals surface area (Å²) in [6, 6.07) is 28.1. The number of nitrogens with zero attached hydrogens (tertiary/aromatic N) is 1. The molecule has 0 aliphatic rings. The zero-order chi connectivity index (χ0) is 29.7. The van der Waals surface area contributed by atoms with Crippen molar-refractivity contribution in [1.29, 1.82) is 0 Å². The Morgan fingerprint density at radius 3 is 2.17 bits per heavy atom. The van der Waals surface area contributed by atoms with Gasteiger partial charge in [0.1, 0.15) is 17.3 Å². The van der Waals surface area contributed by atoms with E-state index >= 15 is 0 Å². The smallest absolute Gasteiger partial charge is 0.348 e. The Morgan fingerprint density at radius 1 is 0.857 bits per heavy atom. The third kappa shape index (κ3) is 6.66. The highest BCUT2D eigenvalue weighted by atomic mass is 19.2. The summed E-state index contributed by atoms with van der Waals surface area (Å²) in [4.78, 5) is 16.7. The second-order valence-electron chi connectivity index (χ2n) is 10.1. The highest BCUT2D eigenvalue weighted by Crippen LogP contribution is 2.27. The van der Waals surface area contributed by atoms with Gasteiger partial charge in [-0.2, -0.15) is 0 Å². The first-order valence-corrected chi connectivity index (χ1v) is 13.4. The van der Waals surface area contributed by atoms with E-state index in [0.29, 0.717) is 30.2 Å². The zero-order valence-electron chi connectivity index (χ0n) is 23.1. The SMILES string of the molecule is Cc1oc(-c2ccc(-c3ccccc3)cc2)nc1CCOc1ccc(CC(C)(Oc2ccc(F)c(F)c2)C(=O)O)cc1. The fourth-order valence-electron chi connectivity index (χ4n) is 4.53. The molecule has 42 heavy (non-hydrogen) atoms. The lowest BCUT2D eigenvalue weighted by Gasteiger charge is -2.26. The third-order valence-corrected chi connectivity index (χ3v) is 6.89. The van der Waals surface area contributed by atoms with Gasteiger partial charge in [0.05, 0.1) is 12.3 Å². The van der Waals surface area contributed by atoms with Crippen LogP contribution in [0.3, 0.4) is 0 Å². The van der Waals surface area contributed by atoms with Gasteiger partial charge in [0, 0.05) is 24.5 Å². The molecular formula is C34H29F2NO5. The van der Waals surface area contributed by atoms with E-state index in [1.165, 1.54) is 13.0 Å². The van der Waals surface area contributed by atoms with Crippen molar-refractivity contribution in [3.63, 3.8) is 0 Å². The molecule has 0 radical (unpaired) electrons. The maximum Gasteiger partial charge on any atom is 0.348 e. The van der Waals surface area contributed by atoms with Crippen molar-refractivity contribution in [2.24, 2.45) is 0 Å². The minimum atomic E-state index is -1.70. The van der Waals surface area contributed by atoms with Crippen molar-refractivity contribution >= 4 is 5.97 Å². The first-order chi connectivity index (χ1) is 20.2. The number of hydrogen-bond acceptors (Lipinski definition) is 5. The van der Waals surface area contributed by atoms with Gasteiger partial charge in [-0.1, -0.05) is 54.6 Å². The van der Waals surface area contributed by atoms with Crippen LogP contribution in [0.15, 0.2) is 101 Å². The largest absolute Gasteiger partial charge is 0.493 e. The lowest BCUT2D eigenvalue weighted by Crippen LogP contribution is -2.43. The average Bonchev–Trinajstić information content (AvgIpc) is 3.36. The lowest BCUT2D eigenvalue weighted by atomic mass is 9.96. The molecule has 1 heterocycles. The third-order valence-electron chi connectivity index (χ3n) is 6.89. The number of rotatable bonds is 11. The first-order valence-electron chi connectivity index (χ1n) is 13.4. The van der Waals surface area contributed by atoms with Gasteiger partial charge in [-0.15, -0.1) is 0 Å². The molecule has 1 aromatic heterocycles. The Bertz CT molecular complexity index is 1670. The zero-order valence-corrected chi connectivity index (χ0v) is 23.1. The summed E-state index contributed by atoms with van der Waals surface area (Å²) < 4.78 is 44.2. The summed E-state index contributed by atoms with van der Waals surface area (Å²) in [5.74, 6) is -1.57. The molecule has 0 saturated carbocycles. The molecule has 214 valence electrons. The molecule has 1 N–H and O–H groups in total. The normalized spacial score (nSPS) is 12.5. The van der Waals surface area contributed by atoms with E-state index in [2.05, 4.69) is 17.1 Å². The fraction of sp³-hybridized carbons (Fsp3) is 0.176. The van der Waals surface area contributed by atoms with Crippen LogP contribution in [0, 0.1) is 18.6 Å². The van der Waals surface area contributed by atoms with Gasteiger partial charge in [0.15, 0.2) is 11.6 Å². The van der Waals surface area contributed by atoms with Crippen LogP contribution in [0.25, 0.3) is 22.6 Å². The van der Waals surface area contributed by atoms with Crippen LogP contribution in [0.5, 0.6) is 11.5 Å². The molecule has 5 aromatic rings. The number of aryl methyl sites for hydroxylation is 1. The van der Waals surface area contributed by atoms with Crippen LogP contribution >= 0.6 is 0 Å². The number of aromatic nitrogens is 1. The number of hydrogen-bond donors (Lipinski definition) is 1. The van der Waals surface area contributed by atoms with Gasteiger partial charge in [0.25, 0.3) is 0 Å². The monoisotopic (exact) mass is 569 g/mol. The summed E-state index contributed by atoms with van der Waals surface area (Å²) >= 11 is 0. The maximum atomic E-state index is 13.6. The van der Waals surface area contributed by atoms with E-state index in [9.17, 15) is 18.7 Å². The average molecular weight is 570 g/mol. The number of oxazole rings is 1. The Labute approximate surface area is 242 Å². The number of aliphatic carboxylic acids is 1. The summed E-state index contributed by atoms with van der Waals surface area (Å²) in [7, 11) is 0. The predicted octanol–water partition coefficient (Wildman–Crippen LogP) is 7.68. The highest BCUT2D eigenvalue weighted by Gasteiger charge is 2.36. The molecule has 0 saturated heterocycles. The molecule has 0 amide bonds. The van der Waals surface area contributed by atoms with Crippen molar-refractivity contribution < 1.29 is 32.6 Å². The molecule has 0 bridgehead atoms. The van der Waals surface area contributed by atoms with Crippen molar-refractivity contribution in [2.45, 2.75) is 32.3 Å². The topological polar surface area (TPSA) is 81.8 Å². The Kier molecular flexibility index (Phi) is 8.33. The second kappa shape index (κ2) is 12.3. The molecule has 0 aliphatic heterocycles. The molecule has 0 fully saturated rings. The van der Waals surface area contributed by atoms with Crippen LogP contribution in [0.4, 0.5) is 8.78 Å². The molecular weight excluding hydrogens is 540 g/mol. The van der Waals surface area contributed by atoms with Gasteiger partial charge >= 0.3 is 5.97 Å². The van der Waals surface area contributed by atoms with Gasteiger partial charge in [-0.25, -0.2) is 18.6 Å². The van der Waals surface area contributed by atoms with Crippen molar-refractivity contribution in [1.82, 2.24) is 4.98 Å². The quantitative estimate of drug-likeness (QED) is 0.176. The number of carbonyl (C=O) groups is 1. The van der Waals surface area contributed by atoms with Crippen molar-refractivity contribution in [3.05, 3.63) is 126 Å². The maximum absolute atomic E-state index is 13.6. The van der Waals surface area contributed by atoms with Crippen LogP contribution < -0.4 is 9.47 Å². The molecule has 1 atom stereocenters. The van der Waals surface area contributed by atoms with E-state index in [1.54, 1.807) is 24.3 Å². The number of carboxylic acid groups (broad SMARTS) is 1. The minimum Gasteiger partial charge on any atom is -0.493 e.